The van der Waals surface area contributed by atoms with Crippen LogP contribution in [0.3, 0.4) is 0 Å². The Kier molecular flexibility index (Phi) is 7.18. The fourth-order valence-corrected chi connectivity index (χ4v) is 3.67. The second-order valence-corrected chi connectivity index (χ2v) is 8.15. The lowest BCUT2D eigenvalue weighted by Gasteiger charge is -2.32. The second kappa shape index (κ2) is 9.82. The average Bonchev–Trinajstić information content (AvgIpc) is 2.74. The van der Waals surface area contributed by atoms with E-state index in [2.05, 4.69) is 53.2 Å². The third kappa shape index (κ3) is 5.23. The molecule has 3 rings (SSSR count). The number of nitrogens with two attached hydrogens (primary N) is 1. The summed E-state index contributed by atoms with van der Waals surface area (Å²) in [4.78, 5) is 4.83. The molecule has 30 heavy (non-hydrogen) atoms. The van der Waals surface area contributed by atoms with E-state index in [-0.39, 0.29) is 11.7 Å². The third-order valence-corrected chi connectivity index (χ3v) is 5.57. The van der Waals surface area contributed by atoms with Crippen LogP contribution < -0.4 is 15.9 Å². The van der Waals surface area contributed by atoms with Gasteiger partial charge in [-0.1, -0.05) is 26.0 Å². The Balaban J connectivity index is 1.72. The van der Waals surface area contributed by atoms with Gasteiger partial charge in [-0.15, -0.1) is 0 Å². The van der Waals surface area contributed by atoms with Crippen LogP contribution in [0.5, 0.6) is 11.5 Å². The first-order chi connectivity index (χ1) is 14.4. The smallest absolute Gasteiger partial charge is 0.161 e. The maximum Gasteiger partial charge on any atom is 0.161 e. The Morgan fingerprint density at radius 3 is 2.40 bits per heavy atom. The van der Waals surface area contributed by atoms with Crippen molar-refractivity contribution in [2.24, 2.45) is 10.9 Å². The van der Waals surface area contributed by atoms with Gasteiger partial charge < -0.3 is 25.9 Å². The zero-order valence-corrected chi connectivity index (χ0v) is 18.4. The van der Waals surface area contributed by atoms with E-state index in [1.165, 1.54) is 5.56 Å². The first kappa shape index (κ1) is 21.9. The Morgan fingerprint density at radius 1 is 1.17 bits per heavy atom. The lowest BCUT2D eigenvalue weighted by atomic mass is 9.98. The number of hydrogen-bond acceptors (Lipinski definition) is 6. The fraction of sp³-hybridized carbons (Fsp3) is 0.435. The molecular formula is C23H33N5O2. The first-order valence-electron chi connectivity index (χ1n) is 10.4. The molecule has 0 radical (unpaired) electrons. The lowest BCUT2D eigenvalue weighted by Crippen LogP contribution is -2.43. The monoisotopic (exact) mass is 411 g/mol. The van der Waals surface area contributed by atoms with Gasteiger partial charge >= 0.3 is 0 Å². The van der Waals surface area contributed by atoms with Crippen molar-refractivity contribution in [3.05, 3.63) is 53.1 Å². The predicted octanol–water partition coefficient (Wildman–Crippen LogP) is 3.00. The summed E-state index contributed by atoms with van der Waals surface area (Å²) >= 11 is 0. The normalized spacial score (nSPS) is 16.1. The minimum absolute atomic E-state index is 0.0691. The van der Waals surface area contributed by atoms with Gasteiger partial charge in [-0.3, -0.25) is 4.90 Å². The van der Waals surface area contributed by atoms with E-state index < -0.39 is 0 Å². The summed E-state index contributed by atoms with van der Waals surface area (Å²) in [5, 5.41) is 17.6. The van der Waals surface area contributed by atoms with E-state index in [9.17, 15) is 5.11 Å². The number of likely N-dealkylation sites (N-methyl/N-ethyl adjacent to an activating group) is 1. The van der Waals surface area contributed by atoms with Crippen molar-refractivity contribution in [1.29, 1.82) is 0 Å². The number of anilines is 1. The van der Waals surface area contributed by atoms with Gasteiger partial charge in [0.1, 0.15) is 11.5 Å². The molecule has 0 atom stereocenters. The van der Waals surface area contributed by atoms with Gasteiger partial charge in [0.05, 0.1) is 12.7 Å². The summed E-state index contributed by atoms with van der Waals surface area (Å²) in [6, 6.07) is 11.7. The van der Waals surface area contributed by atoms with Gasteiger partial charge in [-0.25, -0.2) is 0 Å². The number of rotatable bonds is 6. The maximum absolute atomic E-state index is 10.5. The zero-order valence-electron chi connectivity index (χ0n) is 18.4. The molecule has 1 saturated heterocycles. The van der Waals surface area contributed by atoms with E-state index in [4.69, 9.17) is 10.6 Å². The Hall–Kier alpha value is -2.77. The molecule has 0 unspecified atom stereocenters. The summed E-state index contributed by atoms with van der Waals surface area (Å²) in [5.74, 6) is 7.01. The number of nitrogens with one attached hydrogen (secondary N) is 1. The third-order valence-electron chi connectivity index (χ3n) is 5.57. The van der Waals surface area contributed by atoms with Crippen LogP contribution in [0, 0.1) is 0 Å². The highest BCUT2D eigenvalue weighted by Gasteiger charge is 2.17. The van der Waals surface area contributed by atoms with Gasteiger partial charge in [0.15, 0.2) is 5.84 Å². The SMILES string of the molecule is COc1cc(O)c(/C(=N/N)Nc2ccc(CN3CCN(C)CC3)cc2)cc1C(C)C. The Morgan fingerprint density at radius 2 is 1.83 bits per heavy atom. The quantitative estimate of drug-likeness (QED) is 0.293. The van der Waals surface area contributed by atoms with Crippen LogP contribution in [-0.2, 0) is 6.54 Å². The molecule has 162 valence electrons. The molecule has 1 heterocycles. The number of methoxy groups -OCH3 is 1. The number of phenolic OH excluding ortho intramolecular Hbond substituents is 1. The summed E-state index contributed by atoms with van der Waals surface area (Å²) in [5.41, 5.74) is 3.66. The molecule has 4 N–H and O–H groups in total. The molecule has 0 aliphatic carbocycles. The van der Waals surface area contributed by atoms with Gasteiger partial charge in [0.2, 0.25) is 0 Å². The van der Waals surface area contributed by atoms with Crippen LogP contribution >= 0.6 is 0 Å². The molecule has 1 aliphatic rings. The summed E-state index contributed by atoms with van der Waals surface area (Å²) in [7, 11) is 3.76. The number of amidine groups is 1. The standard InChI is InChI=1S/C23H33N5O2/c1-16(2)19-13-20(21(29)14-22(19)30-4)23(26-24)25-18-7-5-17(6-8-18)15-28-11-9-27(3)10-12-28/h5-8,13-14,16,29H,9-12,15,24H2,1-4H3,(H,25,26). The predicted molar refractivity (Wildman–Crippen MR) is 122 cm³/mol. The van der Waals surface area contributed by atoms with Crippen molar-refractivity contribution in [2.45, 2.75) is 26.3 Å². The van der Waals surface area contributed by atoms with Crippen LogP contribution in [-0.4, -0.2) is 61.1 Å². The second-order valence-electron chi connectivity index (χ2n) is 8.15. The number of hydrazone groups is 1. The number of benzene rings is 2. The summed E-state index contributed by atoms with van der Waals surface area (Å²) in [6.07, 6.45) is 0. The van der Waals surface area contributed by atoms with Crippen molar-refractivity contribution in [2.75, 3.05) is 45.7 Å². The highest BCUT2D eigenvalue weighted by atomic mass is 16.5. The molecule has 7 heteroatoms. The molecular weight excluding hydrogens is 378 g/mol. The minimum Gasteiger partial charge on any atom is -0.507 e. The molecule has 7 nitrogen and oxygen atoms in total. The van der Waals surface area contributed by atoms with Crippen molar-refractivity contribution >= 4 is 11.5 Å². The number of phenols is 1. The van der Waals surface area contributed by atoms with Gasteiger partial charge in [-0.2, -0.15) is 5.10 Å². The molecule has 1 fully saturated rings. The van der Waals surface area contributed by atoms with Gasteiger partial charge in [0, 0.05) is 44.5 Å². The molecule has 0 spiro atoms. The number of piperazine rings is 1. The fourth-order valence-electron chi connectivity index (χ4n) is 3.67. The average molecular weight is 412 g/mol. The first-order valence-corrected chi connectivity index (χ1v) is 10.4. The Labute approximate surface area is 179 Å². The number of nitrogens with zero attached hydrogens (tertiary/aromatic N) is 3. The van der Waals surface area contributed by atoms with Crippen LogP contribution in [0.4, 0.5) is 5.69 Å². The van der Waals surface area contributed by atoms with E-state index in [0.29, 0.717) is 17.1 Å². The van der Waals surface area contributed by atoms with Crippen LogP contribution in [0.2, 0.25) is 0 Å². The molecule has 2 aromatic carbocycles. The van der Waals surface area contributed by atoms with Crippen LogP contribution in [0.15, 0.2) is 41.5 Å². The molecule has 0 aromatic heterocycles. The molecule has 0 bridgehead atoms. The lowest BCUT2D eigenvalue weighted by molar-refractivity contribution is 0.148. The number of hydrogen-bond donors (Lipinski definition) is 3. The van der Waals surface area contributed by atoms with Crippen molar-refractivity contribution in [1.82, 2.24) is 9.80 Å². The van der Waals surface area contributed by atoms with E-state index in [1.54, 1.807) is 13.2 Å². The number of ether oxygens (including phenoxy) is 1. The maximum atomic E-state index is 10.5. The summed E-state index contributed by atoms with van der Waals surface area (Å²) < 4.78 is 5.40. The van der Waals surface area contributed by atoms with Crippen molar-refractivity contribution < 1.29 is 9.84 Å². The van der Waals surface area contributed by atoms with Gasteiger partial charge in [0.25, 0.3) is 0 Å². The van der Waals surface area contributed by atoms with Crippen LogP contribution in [0.25, 0.3) is 0 Å². The highest BCUT2D eigenvalue weighted by molar-refractivity contribution is 6.10. The molecule has 0 saturated carbocycles. The van der Waals surface area contributed by atoms with Crippen LogP contribution in [0.1, 0.15) is 36.5 Å². The van der Waals surface area contributed by atoms with E-state index in [0.717, 1.165) is 44.0 Å². The van der Waals surface area contributed by atoms with E-state index >= 15 is 0 Å². The molecule has 2 aromatic rings. The number of aromatic hydroxyl groups is 1. The van der Waals surface area contributed by atoms with Crippen molar-refractivity contribution in [3.63, 3.8) is 0 Å². The topological polar surface area (TPSA) is 86.3 Å². The largest absolute Gasteiger partial charge is 0.507 e. The molecule has 0 amide bonds. The summed E-state index contributed by atoms with van der Waals surface area (Å²) in [6.45, 7) is 9.50. The van der Waals surface area contributed by atoms with Crippen molar-refractivity contribution in [3.8, 4) is 11.5 Å². The van der Waals surface area contributed by atoms with E-state index in [1.807, 2.05) is 18.2 Å². The zero-order chi connectivity index (χ0) is 21.7. The minimum atomic E-state index is 0.0691. The van der Waals surface area contributed by atoms with Gasteiger partial charge in [-0.05, 0) is 42.3 Å². The highest BCUT2D eigenvalue weighted by Crippen LogP contribution is 2.33. The molecule has 1 aliphatic heterocycles. The Bertz CT molecular complexity index is 872.